The summed E-state index contributed by atoms with van der Waals surface area (Å²) >= 11 is 0. The fraction of sp³-hybridized carbons (Fsp3) is 0.368. The van der Waals surface area contributed by atoms with Crippen LogP contribution in [0.15, 0.2) is 48.5 Å². The molecule has 3 rings (SSSR count). The van der Waals surface area contributed by atoms with Gasteiger partial charge in [-0.15, -0.1) is 0 Å². The van der Waals surface area contributed by atoms with Gasteiger partial charge in [0.05, 0.1) is 7.11 Å². The number of hydrogen-bond acceptors (Lipinski definition) is 2. The number of ether oxygens (including phenoxy) is 1. The van der Waals surface area contributed by atoms with Crippen molar-refractivity contribution >= 4 is 5.69 Å². The van der Waals surface area contributed by atoms with Gasteiger partial charge < -0.3 is 10.1 Å². The maximum atomic E-state index is 5.21. The molecular formula is C19H23NO. The normalized spacial score (nSPS) is 20.5. The first-order valence-electron chi connectivity index (χ1n) is 7.73. The number of fused-ring (bicyclic) bond motifs is 1. The zero-order valence-corrected chi connectivity index (χ0v) is 12.8. The first-order valence-corrected chi connectivity index (χ1v) is 7.73. The van der Waals surface area contributed by atoms with Crippen molar-refractivity contribution in [2.45, 2.75) is 32.2 Å². The van der Waals surface area contributed by atoms with Gasteiger partial charge in [-0.2, -0.15) is 0 Å². The van der Waals surface area contributed by atoms with E-state index in [2.05, 4.69) is 48.6 Å². The van der Waals surface area contributed by atoms with E-state index in [1.807, 2.05) is 12.1 Å². The summed E-state index contributed by atoms with van der Waals surface area (Å²) in [5.74, 6) is 1.61. The Morgan fingerprint density at radius 3 is 2.62 bits per heavy atom. The number of para-hydroxylation sites is 1. The van der Waals surface area contributed by atoms with Crippen molar-refractivity contribution in [1.82, 2.24) is 0 Å². The van der Waals surface area contributed by atoms with Crippen LogP contribution in [0, 0.1) is 5.92 Å². The summed E-state index contributed by atoms with van der Waals surface area (Å²) in [6.07, 6.45) is 3.45. The van der Waals surface area contributed by atoms with E-state index < -0.39 is 0 Å². The number of nitrogens with one attached hydrogen (secondary N) is 1. The highest BCUT2D eigenvalue weighted by atomic mass is 16.5. The van der Waals surface area contributed by atoms with Crippen molar-refractivity contribution in [2.24, 2.45) is 5.92 Å². The molecule has 1 N–H and O–H groups in total. The summed E-state index contributed by atoms with van der Waals surface area (Å²) in [7, 11) is 1.71. The van der Waals surface area contributed by atoms with E-state index in [0.717, 1.165) is 12.2 Å². The van der Waals surface area contributed by atoms with E-state index in [4.69, 9.17) is 4.74 Å². The Balaban J connectivity index is 1.62. The smallest absolute Gasteiger partial charge is 0.118 e. The third kappa shape index (κ3) is 3.21. The van der Waals surface area contributed by atoms with Crippen LogP contribution in [-0.4, -0.2) is 13.2 Å². The zero-order valence-electron chi connectivity index (χ0n) is 12.8. The highest BCUT2D eigenvalue weighted by Crippen LogP contribution is 2.30. The summed E-state index contributed by atoms with van der Waals surface area (Å²) in [5.41, 5.74) is 4.14. The lowest BCUT2D eigenvalue weighted by Gasteiger charge is -2.32. The first kappa shape index (κ1) is 14.0. The molecule has 0 saturated carbocycles. The van der Waals surface area contributed by atoms with Gasteiger partial charge in [-0.25, -0.2) is 0 Å². The van der Waals surface area contributed by atoms with Gasteiger partial charge in [0.25, 0.3) is 0 Å². The number of anilines is 1. The molecule has 2 aromatic rings. The van der Waals surface area contributed by atoms with Gasteiger partial charge >= 0.3 is 0 Å². The predicted octanol–water partition coefficient (Wildman–Crippen LogP) is 4.30. The maximum absolute atomic E-state index is 5.21. The Hall–Kier alpha value is -1.96. The fourth-order valence-electron chi connectivity index (χ4n) is 3.14. The lowest BCUT2D eigenvalue weighted by Crippen LogP contribution is -2.33. The van der Waals surface area contributed by atoms with Gasteiger partial charge in [0.15, 0.2) is 0 Å². The van der Waals surface area contributed by atoms with Crippen LogP contribution in [0.3, 0.4) is 0 Å². The van der Waals surface area contributed by atoms with E-state index in [-0.39, 0.29) is 0 Å². The van der Waals surface area contributed by atoms with E-state index in [1.54, 1.807) is 7.11 Å². The lowest BCUT2D eigenvalue weighted by molar-refractivity contribution is 0.414. The Morgan fingerprint density at radius 2 is 1.86 bits per heavy atom. The molecule has 2 unspecified atom stereocenters. The predicted molar refractivity (Wildman–Crippen MR) is 88.0 cm³/mol. The molecule has 1 heterocycles. The van der Waals surface area contributed by atoms with Crippen LogP contribution in [0.2, 0.25) is 0 Å². The molecule has 0 bridgehead atoms. The second-order valence-electron chi connectivity index (χ2n) is 5.98. The van der Waals surface area contributed by atoms with Crippen molar-refractivity contribution in [1.29, 1.82) is 0 Å². The molecule has 110 valence electrons. The molecule has 0 fully saturated rings. The highest BCUT2D eigenvalue weighted by molar-refractivity contribution is 5.54. The van der Waals surface area contributed by atoms with E-state index in [9.17, 15) is 0 Å². The molecule has 2 heteroatoms. The molecule has 0 radical (unpaired) electrons. The second kappa shape index (κ2) is 6.21. The second-order valence-corrected chi connectivity index (χ2v) is 5.98. The van der Waals surface area contributed by atoms with Gasteiger partial charge in [-0.1, -0.05) is 37.3 Å². The monoisotopic (exact) mass is 281 g/mol. The molecule has 2 nitrogen and oxygen atoms in total. The Morgan fingerprint density at radius 1 is 1.10 bits per heavy atom. The average molecular weight is 281 g/mol. The van der Waals surface area contributed by atoms with Gasteiger partial charge in [-0.05, 0) is 54.5 Å². The first-order chi connectivity index (χ1) is 10.3. The minimum absolute atomic E-state index is 0.557. The van der Waals surface area contributed by atoms with E-state index in [0.29, 0.717) is 12.0 Å². The van der Waals surface area contributed by atoms with E-state index >= 15 is 0 Å². The lowest BCUT2D eigenvalue weighted by atomic mass is 9.86. The molecule has 0 amide bonds. The fourth-order valence-corrected chi connectivity index (χ4v) is 3.14. The summed E-state index contributed by atoms with van der Waals surface area (Å²) in [6.45, 7) is 2.35. The van der Waals surface area contributed by atoms with Crippen molar-refractivity contribution in [3.8, 4) is 5.75 Å². The van der Waals surface area contributed by atoms with Crippen LogP contribution in [0.4, 0.5) is 5.69 Å². The summed E-state index contributed by atoms with van der Waals surface area (Å²) in [6, 6.07) is 17.7. The zero-order chi connectivity index (χ0) is 14.7. The van der Waals surface area contributed by atoms with Crippen LogP contribution in [0.25, 0.3) is 0 Å². The van der Waals surface area contributed by atoms with Crippen LogP contribution in [0.1, 0.15) is 24.5 Å². The van der Waals surface area contributed by atoms with Crippen LogP contribution in [0.5, 0.6) is 5.75 Å². The number of benzene rings is 2. The largest absolute Gasteiger partial charge is 0.497 e. The average Bonchev–Trinajstić information content (AvgIpc) is 2.53. The van der Waals surface area contributed by atoms with Crippen LogP contribution in [-0.2, 0) is 12.8 Å². The van der Waals surface area contributed by atoms with Crippen LogP contribution < -0.4 is 10.1 Å². The minimum atomic E-state index is 0.557. The molecule has 1 aliphatic rings. The molecular weight excluding hydrogens is 258 g/mol. The summed E-state index contributed by atoms with van der Waals surface area (Å²) in [4.78, 5) is 0. The third-order valence-electron chi connectivity index (χ3n) is 4.49. The third-order valence-corrected chi connectivity index (χ3v) is 4.49. The molecule has 2 atom stereocenters. The highest BCUT2D eigenvalue weighted by Gasteiger charge is 2.23. The Kier molecular flexibility index (Phi) is 4.14. The van der Waals surface area contributed by atoms with Gasteiger partial charge in [0.2, 0.25) is 0 Å². The molecule has 0 spiro atoms. The maximum Gasteiger partial charge on any atom is 0.118 e. The Labute approximate surface area is 127 Å². The standard InChI is InChI=1S/C19H23NO/c1-14-13-16-5-3-4-6-19(16)20-18(14)12-9-15-7-10-17(21-2)11-8-15/h3-8,10-11,14,18,20H,9,12-13H2,1-2H3. The SMILES string of the molecule is COc1ccc(CCC2Nc3ccccc3CC2C)cc1. The molecule has 1 aliphatic heterocycles. The molecule has 21 heavy (non-hydrogen) atoms. The van der Waals surface area contributed by atoms with Crippen LogP contribution >= 0.6 is 0 Å². The van der Waals surface area contributed by atoms with E-state index in [1.165, 1.54) is 29.7 Å². The molecule has 0 saturated heterocycles. The van der Waals surface area contributed by atoms with Crippen molar-refractivity contribution in [3.63, 3.8) is 0 Å². The quantitative estimate of drug-likeness (QED) is 0.902. The van der Waals surface area contributed by atoms with Gasteiger partial charge in [-0.3, -0.25) is 0 Å². The summed E-state index contributed by atoms with van der Waals surface area (Å²) in [5, 5.41) is 3.71. The van der Waals surface area contributed by atoms with Gasteiger partial charge in [0, 0.05) is 11.7 Å². The summed E-state index contributed by atoms with van der Waals surface area (Å²) < 4.78 is 5.21. The molecule has 2 aromatic carbocycles. The Bertz CT molecular complexity index is 591. The molecule has 0 aliphatic carbocycles. The number of rotatable bonds is 4. The number of methoxy groups -OCH3 is 1. The van der Waals surface area contributed by atoms with Gasteiger partial charge in [0.1, 0.15) is 5.75 Å². The topological polar surface area (TPSA) is 21.3 Å². The minimum Gasteiger partial charge on any atom is -0.497 e. The number of aryl methyl sites for hydroxylation is 1. The van der Waals surface area contributed by atoms with Crippen molar-refractivity contribution < 1.29 is 4.74 Å². The van der Waals surface area contributed by atoms with Crippen molar-refractivity contribution in [2.75, 3.05) is 12.4 Å². The molecule has 0 aromatic heterocycles. The van der Waals surface area contributed by atoms with Crippen molar-refractivity contribution in [3.05, 3.63) is 59.7 Å². The number of hydrogen-bond donors (Lipinski definition) is 1.